The number of nitrogens with one attached hydrogen (secondary N) is 1. The van der Waals surface area contributed by atoms with Crippen molar-refractivity contribution in [3.63, 3.8) is 0 Å². The van der Waals surface area contributed by atoms with E-state index in [0.29, 0.717) is 5.70 Å². The van der Waals surface area contributed by atoms with Crippen molar-refractivity contribution in [2.24, 2.45) is 0 Å². The summed E-state index contributed by atoms with van der Waals surface area (Å²) in [4.78, 5) is 34.5. The van der Waals surface area contributed by atoms with E-state index in [-0.39, 0.29) is 44.7 Å². The fourth-order valence-electron chi connectivity index (χ4n) is 4.17. The van der Waals surface area contributed by atoms with E-state index in [1.807, 2.05) is 6.07 Å². The average Bonchev–Trinajstić information content (AvgIpc) is 3.35. The maximum atomic E-state index is 12.9. The number of nitriles is 1. The van der Waals surface area contributed by atoms with Gasteiger partial charge in [0.25, 0.3) is 17.8 Å². The van der Waals surface area contributed by atoms with Crippen LogP contribution in [0.2, 0.25) is 0 Å². The van der Waals surface area contributed by atoms with Crippen LogP contribution in [0.3, 0.4) is 0 Å². The molecule has 1 aromatic heterocycles. The predicted molar refractivity (Wildman–Crippen MR) is 123 cm³/mol. The first-order chi connectivity index (χ1) is 16.7. The van der Waals surface area contributed by atoms with Crippen molar-refractivity contribution in [1.82, 2.24) is 14.8 Å². The van der Waals surface area contributed by atoms with Crippen LogP contribution in [0.25, 0.3) is 4.85 Å². The number of hydrogen-bond acceptors (Lipinski definition) is 8. The second kappa shape index (κ2) is 7.62. The minimum absolute atomic E-state index is 0.121. The highest BCUT2D eigenvalue weighted by atomic mass is 32.2. The van der Waals surface area contributed by atoms with Crippen molar-refractivity contribution >= 4 is 33.5 Å². The highest BCUT2D eigenvalue weighted by Gasteiger charge is 2.41. The number of carbonyl (C=O) groups is 2. The van der Waals surface area contributed by atoms with Gasteiger partial charge in [0, 0.05) is 12.0 Å². The molecule has 2 aromatic carbocycles. The van der Waals surface area contributed by atoms with Crippen molar-refractivity contribution < 1.29 is 18.0 Å². The number of carbonyl (C=O) groups excluding carboxylic acids is 2. The maximum absolute atomic E-state index is 12.9. The number of allylic oxidation sites excluding steroid dienone is 2. The molecule has 11 nitrogen and oxygen atoms in total. The van der Waals surface area contributed by atoms with E-state index in [0.717, 1.165) is 11.2 Å². The SMILES string of the molecule is [C-]#[N+]C1=C(C)Nc2nc(N3C(=O)c4ccccc4C3=O)nn2C1c1ccc(C#N)cc1S(C)(=O)=O. The van der Waals surface area contributed by atoms with Gasteiger partial charge in [0.2, 0.25) is 11.6 Å². The molecule has 2 aliphatic rings. The summed E-state index contributed by atoms with van der Waals surface area (Å²) in [5, 5.41) is 16.6. The standard InChI is InChI=1S/C23H15N7O4S/c1-12-18(25-2)19(16-9-8-13(11-24)10-17(16)35(3,33)34)30-22(26-12)27-23(28-30)29-20(31)14-6-4-5-7-15(14)21(29)32/h4-10,19H,1,3H3,(H,26,27,28). The fraction of sp³-hybridized carbons (Fsp3) is 0.130. The Hall–Kier alpha value is -4.81. The molecule has 1 unspecified atom stereocenters. The lowest BCUT2D eigenvalue weighted by molar-refractivity contribution is 0.0923. The molecular formula is C23H15N7O4S. The average molecular weight is 485 g/mol. The van der Waals surface area contributed by atoms with Crippen molar-refractivity contribution in [1.29, 1.82) is 5.26 Å². The van der Waals surface area contributed by atoms with Crippen molar-refractivity contribution in [3.8, 4) is 6.07 Å². The Morgan fingerprint density at radius 1 is 1.14 bits per heavy atom. The third-order valence-electron chi connectivity index (χ3n) is 5.76. The van der Waals surface area contributed by atoms with Gasteiger partial charge in [0.1, 0.15) is 6.04 Å². The van der Waals surface area contributed by atoms with Gasteiger partial charge in [-0.3, -0.25) is 9.59 Å². The highest BCUT2D eigenvalue weighted by molar-refractivity contribution is 7.90. The summed E-state index contributed by atoms with van der Waals surface area (Å²) >= 11 is 0. The normalized spacial score (nSPS) is 16.9. The van der Waals surface area contributed by atoms with Crippen LogP contribution in [-0.4, -0.2) is 41.3 Å². The molecule has 5 rings (SSSR count). The molecule has 0 fully saturated rings. The van der Waals surface area contributed by atoms with E-state index in [1.165, 1.54) is 35.0 Å². The quantitative estimate of drug-likeness (QED) is 0.440. The van der Waals surface area contributed by atoms with Crippen LogP contribution in [0, 0.1) is 17.9 Å². The molecule has 0 saturated heterocycles. The molecule has 0 spiro atoms. The molecule has 3 heterocycles. The van der Waals surface area contributed by atoms with E-state index in [9.17, 15) is 23.3 Å². The molecule has 172 valence electrons. The number of imide groups is 1. The first-order valence-corrected chi connectivity index (χ1v) is 12.1. The summed E-state index contributed by atoms with van der Waals surface area (Å²) in [6.07, 6.45) is 1.01. The smallest absolute Gasteiger partial charge is 0.268 e. The Morgan fingerprint density at radius 2 is 1.80 bits per heavy atom. The first-order valence-electron chi connectivity index (χ1n) is 10.2. The zero-order valence-corrected chi connectivity index (χ0v) is 19.2. The van der Waals surface area contributed by atoms with Crippen LogP contribution in [0.5, 0.6) is 0 Å². The zero-order valence-electron chi connectivity index (χ0n) is 18.3. The molecule has 3 aromatic rings. The van der Waals surface area contributed by atoms with Crippen LogP contribution in [0.1, 0.15) is 44.8 Å². The molecule has 1 atom stereocenters. The number of aromatic nitrogens is 3. The topological polar surface area (TPSA) is 142 Å². The molecular weight excluding hydrogens is 470 g/mol. The Balaban J connectivity index is 1.70. The second-order valence-electron chi connectivity index (χ2n) is 7.96. The number of hydrogen-bond donors (Lipinski definition) is 1. The van der Waals surface area contributed by atoms with Crippen LogP contribution < -0.4 is 10.2 Å². The Bertz CT molecular complexity index is 1650. The van der Waals surface area contributed by atoms with Gasteiger partial charge in [-0.15, -0.1) is 5.10 Å². The minimum atomic E-state index is -3.81. The number of nitrogens with zero attached hydrogens (tertiary/aromatic N) is 6. The summed E-state index contributed by atoms with van der Waals surface area (Å²) < 4.78 is 26.5. The lowest BCUT2D eigenvalue weighted by atomic mass is 10.00. The van der Waals surface area contributed by atoms with Gasteiger partial charge in [-0.25, -0.2) is 22.8 Å². The van der Waals surface area contributed by atoms with Gasteiger partial charge in [0.15, 0.2) is 9.84 Å². The molecule has 2 aliphatic heterocycles. The van der Waals surface area contributed by atoms with Gasteiger partial charge in [0.05, 0.1) is 34.2 Å². The molecule has 2 amide bonds. The number of benzene rings is 2. The summed E-state index contributed by atoms with van der Waals surface area (Å²) in [5.74, 6) is -1.27. The van der Waals surface area contributed by atoms with Crippen molar-refractivity contribution in [3.05, 3.63) is 87.5 Å². The van der Waals surface area contributed by atoms with Gasteiger partial charge in [-0.1, -0.05) is 18.2 Å². The fourth-order valence-corrected chi connectivity index (χ4v) is 5.12. The number of fused-ring (bicyclic) bond motifs is 2. The summed E-state index contributed by atoms with van der Waals surface area (Å²) in [7, 11) is -3.81. The van der Waals surface area contributed by atoms with E-state index >= 15 is 0 Å². The van der Waals surface area contributed by atoms with Gasteiger partial charge < -0.3 is 5.32 Å². The molecule has 0 aliphatic carbocycles. The molecule has 0 radical (unpaired) electrons. The predicted octanol–water partition coefficient (Wildman–Crippen LogP) is 2.52. The Morgan fingerprint density at radius 3 is 2.37 bits per heavy atom. The number of anilines is 2. The number of amides is 2. The van der Waals surface area contributed by atoms with Gasteiger partial charge in [-0.05, 0) is 36.8 Å². The van der Waals surface area contributed by atoms with Crippen LogP contribution in [-0.2, 0) is 9.84 Å². The number of rotatable bonds is 3. The van der Waals surface area contributed by atoms with Crippen LogP contribution in [0.4, 0.5) is 11.9 Å². The van der Waals surface area contributed by atoms with Gasteiger partial charge >= 0.3 is 0 Å². The van der Waals surface area contributed by atoms with Crippen LogP contribution >= 0.6 is 0 Å². The van der Waals surface area contributed by atoms with Gasteiger partial charge in [-0.2, -0.15) is 10.2 Å². The van der Waals surface area contributed by atoms with Crippen molar-refractivity contribution in [2.75, 3.05) is 16.5 Å². The molecule has 0 bridgehead atoms. The third kappa shape index (κ3) is 3.27. The Kier molecular flexibility index (Phi) is 4.79. The van der Waals surface area contributed by atoms with Crippen LogP contribution in [0.15, 0.2) is 58.8 Å². The van der Waals surface area contributed by atoms with Crippen molar-refractivity contribution in [2.45, 2.75) is 17.9 Å². The zero-order chi connectivity index (χ0) is 25.1. The summed E-state index contributed by atoms with van der Waals surface area (Å²) in [5.41, 5.74) is 1.33. The molecule has 0 saturated carbocycles. The van der Waals surface area contributed by atoms with E-state index in [4.69, 9.17) is 6.57 Å². The maximum Gasteiger partial charge on any atom is 0.268 e. The van der Waals surface area contributed by atoms with E-state index in [1.54, 1.807) is 19.1 Å². The minimum Gasteiger partial charge on any atom is -0.338 e. The molecule has 35 heavy (non-hydrogen) atoms. The lowest BCUT2D eigenvalue weighted by Gasteiger charge is -2.26. The summed E-state index contributed by atoms with van der Waals surface area (Å²) in [6.45, 7) is 9.35. The number of sulfone groups is 1. The highest BCUT2D eigenvalue weighted by Crippen LogP contribution is 2.40. The van der Waals surface area contributed by atoms with E-state index in [2.05, 4.69) is 20.2 Å². The lowest BCUT2D eigenvalue weighted by Crippen LogP contribution is -2.30. The Labute approximate surface area is 199 Å². The molecule has 12 heteroatoms. The monoisotopic (exact) mass is 485 g/mol. The van der Waals surface area contributed by atoms with E-state index < -0.39 is 27.7 Å². The first kappa shape index (κ1) is 22.0. The third-order valence-corrected chi connectivity index (χ3v) is 6.91. The molecule has 1 N–H and O–H groups in total. The second-order valence-corrected chi connectivity index (χ2v) is 9.94. The largest absolute Gasteiger partial charge is 0.338 e. The summed E-state index contributed by atoms with van der Waals surface area (Å²) in [6, 6.07) is 11.4.